The van der Waals surface area contributed by atoms with Crippen molar-refractivity contribution in [1.82, 2.24) is 20.0 Å². The van der Waals surface area contributed by atoms with Gasteiger partial charge < -0.3 is 18.9 Å². The molecule has 8 rings (SSSR count). The first-order valence-corrected chi connectivity index (χ1v) is 17.0. The van der Waals surface area contributed by atoms with Crippen molar-refractivity contribution < 1.29 is 38.3 Å². The van der Waals surface area contributed by atoms with Gasteiger partial charge in [0.2, 0.25) is 12.1 Å². The predicted octanol–water partition coefficient (Wildman–Crippen LogP) is 5.87. The van der Waals surface area contributed by atoms with Gasteiger partial charge in [-0.25, -0.2) is 14.5 Å². The monoisotopic (exact) mass is 668 g/mol. The summed E-state index contributed by atoms with van der Waals surface area (Å²) in [6, 6.07) is 7.44. The van der Waals surface area contributed by atoms with E-state index in [2.05, 4.69) is 22.2 Å². The summed E-state index contributed by atoms with van der Waals surface area (Å²) in [6.07, 6.45) is 7.64. The van der Waals surface area contributed by atoms with Gasteiger partial charge in [0.15, 0.2) is 11.9 Å². The van der Waals surface area contributed by atoms with Crippen molar-refractivity contribution in [2.75, 3.05) is 6.61 Å². The number of pyridine rings is 1. The number of aryl methyl sites for hydroxylation is 1. The Morgan fingerprint density at radius 3 is 2.79 bits per heavy atom. The van der Waals surface area contributed by atoms with Crippen LogP contribution in [0.4, 0.5) is 0 Å². The van der Waals surface area contributed by atoms with E-state index in [0.717, 1.165) is 48.0 Å². The van der Waals surface area contributed by atoms with Crippen LogP contribution in [-0.2, 0) is 44.7 Å². The minimum Gasteiger partial charge on any atom is -0.466 e. The van der Waals surface area contributed by atoms with Crippen LogP contribution in [0.15, 0.2) is 36.7 Å². The van der Waals surface area contributed by atoms with Gasteiger partial charge in [0.05, 0.1) is 42.5 Å². The summed E-state index contributed by atoms with van der Waals surface area (Å²) in [5, 5.41) is 10.1. The van der Waals surface area contributed by atoms with Crippen molar-refractivity contribution in [2.45, 2.75) is 103 Å². The molecular formula is C34H41ClN4O8. The van der Waals surface area contributed by atoms with Gasteiger partial charge in [-0.05, 0) is 81.5 Å². The van der Waals surface area contributed by atoms with Gasteiger partial charge in [0.1, 0.15) is 0 Å². The van der Waals surface area contributed by atoms with Gasteiger partial charge in [-0.15, -0.1) is 5.10 Å². The van der Waals surface area contributed by atoms with Crippen molar-refractivity contribution in [2.24, 2.45) is 23.7 Å². The van der Waals surface area contributed by atoms with Gasteiger partial charge in [0, 0.05) is 34.9 Å². The first kappa shape index (κ1) is 32.4. The van der Waals surface area contributed by atoms with Crippen LogP contribution in [0.5, 0.6) is 0 Å². The maximum absolute atomic E-state index is 12.8. The number of esters is 2. The molecule has 1 aromatic carbocycles. The van der Waals surface area contributed by atoms with E-state index >= 15 is 0 Å². The molecule has 0 amide bonds. The minimum absolute atomic E-state index is 0.0487. The Morgan fingerprint density at radius 1 is 1.06 bits per heavy atom. The standard InChI is InChI=1S/C34H41ClN4O8/c1-20-7-10-26-21(2)31(44-32-34(26)25(20)13-15-33(3,45-32)46-47-34)43-30(41)12-11-29(40)42-17-5-4-6-23-19-39(38-37-23)28-14-16-36-27-18-22(35)8-9-24(27)28/h8-9,14,16,18-21,25-26,31-32H,4-7,10-13,15,17H2,1-3H3/t20-,21-,25+,26+,31-,32-,33+,34-/m1/s1. The van der Waals surface area contributed by atoms with E-state index < -0.39 is 35.9 Å². The highest BCUT2D eigenvalue weighted by atomic mass is 35.5. The fraction of sp³-hybridized carbons (Fsp3) is 0.618. The van der Waals surface area contributed by atoms with Gasteiger partial charge in [-0.2, -0.15) is 0 Å². The topological polar surface area (TPSA) is 133 Å². The lowest BCUT2D eigenvalue weighted by Gasteiger charge is -2.59. The van der Waals surface area contributed by atoms with Gasteiger partial charge >= 0.3 is 11.9 Å². The molecule has 0 N–H and O–H groups in total. The zero-order valence-corrected chi connectivity index (χ0v) is 27.7. The second kappa shape index (κ2) is 13.0. The Bertz CT molecular complexity index is 1640. The Hall–Kier alpha value is -3.16. The highest BCUT2D eigenvalue weighted by Crippen LogP contribution is 2.60. The van der Waals surface area contributed by atoms with Gasteiger partial charge in [-0.1, -0.05) is 30.7 Å². The van der Waals surface area contributed by atoms with Crippen LogP contribution in [0.1, 0.15) is 77.8 Å². The van der Waals surface area contributed by atoms with E-state index in [9.17, 15) is 9.59 Å². The number of fused-ring (bicyclic) bond motifs is 3. The smallest absolute Gasteiger partial charge is 0.308 e. The normalized spacial score (nSPS) is 32.9. The molecule has 6 heterocycles. The Balaban J connectivity index is 0.847. The average Bonchev–Trinajstić information content (AvgIpc) is 3.41. The zero-order chi connectivity index (χ0) is 32.8. The average molecular weight is 669 g/mol. The van der Waals surface area contributed by atoms with E-state index in [1.165, 1.54) is 0 Å². The van der Waals surface area contributed by atoms with E-state index in [-0.39, 0.29) is 37.2 Å². The largest absolute Gasteiger partial charge is 0.466 e. The molecule has 0 unspecified atom stereocenters. The number of carbonyl (C=O) groups excluding carboxylic acids is 2. The first-order valence-electron chi connectivity index (χ1n) is 16.7. The molecule has 47 heavy (non-hydrogen) atoms. The van der Waals surface area contributed by atoms with Crippen LogP contribution in [-0.4, -0.2) is 62.5 Å². The van der Waals surface area contributed by atoms with Crippen molar-refractivity contribution in [3.05, 3.63) is 47.4 Å². The number of hydrogen-bond acceptors (Lipinski definition) is 11. The molecule has 2 aromatic heterocycles. The summed E-state index contributed by atoms with van der Waals surface area (Å²) in [5.41, 5.74) is 1.76. The number of nitrogens with zero attached hydrogens (tertiary/aromatic N) is 4. The highest BCUT2D eigenvalue weighted by Gasteiger charge is 2.69. The fourth-order valence-electron chi connectivity index (χ4n) is 7.90. The van der Waals surface area contributed by atoms with E-state index in [1.54, 1.807) is 10.9 Å². The third kappa shape index (κ3) is 6.26. The highest BCUT2D eigenvalue weighted by molar-refractivity contribution is 6.31. The Morgan fingerprint density at radius 2 is 1.91 bits per heavy atom. The van der Waals surface area contributed by atoms with Crippen molar-refractivity contribution in [3.63, 3.8) is 0 Å². The lowest BCUT2D eigenvalue weighted by molar-refractivity contribution is -0.576. The number of hydrogen-bond donors (Lipinski definition) is 0. The van der Waals surface area contributed by atoms with Gasteiger partial charge in [-0.3, -0.25) is 14.6 Å². The third-order valence-electron chi connectivity index (χ3n) is 10.4. The van der Waals surface area contributed by atoms with Crippen LogP contribution in [0.3, 0.4) is 0 Å². The van der Waals surface area contributed by atoms with Crippen LogP contribution >= 0.6 is 11.6 Å². The number of halogens is 1. The van der Waals surface area contributed by atoms with Crippen LogP contribution in [0.25, 0.3) is 16.6 Å². The molecule has 8 atom stereocenters. The van der Waals surface area contributed by atoms with Gasteiger partial charge in [0.25, 0.3) is 0 Å². The number of carbonyl (C=O) groups is 2. The molecule has 4 aliphatic heterocycles. The van der Waals surface area contributed by atoms with E-state index in [4.69, 9.17) is 40.3 Å². The molecule has 5 fully saturated rings. The molecule has 2 bridgehead atoms. The molecule has 1 spiro atoms. The van der Waals surface area contributed by atoms with E-state index in [0.29, 0.717) is 30.2 Å². The third-order valence-corrected chi connectivity index (χ3v) is 10.7. The molecule has 1 aliphatic carbocycles. The van der Waals surface area contributed by atoms with E-state index in [1.807, 2.05) is 44.3 Å². The summed E-state index contributed by atoms with van der Waals surface area (Å²) in [6.45, 7) is 6.39. The lowest BCUT2D eigenvalue weighted by Crippen LogP contribution is -2.70. The molecule has 12 nitrogen and oxygen atoms in total. The number of aromatic nitrogens is 4. The SMILES string of the molecule is C[C@H]1[C@H](OC(=O)CCC(=O)OCCCCc2cn(-c3ccnc4cc(Cl)ccc34)nn2)O[C@@H]2O[C@]3(C)CC[C@H]4[C@H](C)CC[C@@H]1[C@@]24OO3. The maximum Gasteiger partial charge on any atom is 0.308 e. The quantitative estimate of drug-likeness (QED) is 0.146. The van der Waals surface area contributed by atoms with Crippen LogP contribution in [0.2, 0.25) is 5.02 Å². The summed E-state index contributed by atoms with van der Waals surface area (Å²) in [5.74, 6) is -1.26. The second-order valence-corrected chi connectivity index (χ2v) is 14.0. The summed E-state index contributed by atoms with van der Waals surface area (Å²) >= 11 is 6.11. The molecule has 0 radical (unpaired) electrons. The van der Waals surface area contributed by atoms with Crippen molar-refractivity contribution in [3.8, 4) is 5.69 Å². The molecule has 5 aliphatic rings. The maximum atomic E-state index is 12.8. The van der Waals surface area contributed by atoms with Crippen LogP contribution < -0.4 is 0 Å². The summed E-state index contributed by atoms with van der Waals surface area (Å²) in [4.78, 5) is 41.6. The zero-order valence-electron chi connectivity index (χ0n) is 26.9. The molecule has 1 saturated carbocycles. The molecule has 3 aromatic rings. The molecule has 252 valence electrons. The van der Waals surface area contributed by atoms with Crippen molar-refractivity contribution in [1.29, 1.82) is 0 Å². The fourth-order valence-corrected chi connectivity index (χ4v) is 8.07. The first-order chi connectivity index (χ1) is 22.6. The lowest BCUT2D eigenvalue weighted by atomic mass is 9.58. The number of ether oxygens (including phenoxy) is 4. The Labute approximate surface area is 278 Å². The van der Waals surface area contributed by atoms with Crippen LogP contribution in [0, 0.1) is 23.7 Å². The summed E-state index contributed by atoms with van der Waals surface area (Å²) in [7, 11) is 0. The van der Waals surface area contributed by atoms with Crippen molar-refractivity contribution >= 4 is 34.4 Å². The minimum atomic E-state index is -0.903. The number of unbranched alkanes of at least 4 members (excludes halogenated alkanes) is 1. The number of rotatable bonds is 10. The summed E-state index contributed by atoms with van der Waals surface area (Å²) < 4.78 is 25.5. The molecule has 13 heteroatoms. The Kier molecular flexibility index (Phi) is 8.99. The number of benzene rings is 1. The molecular weight excluding hydrogens is 628 g/mol. The second-order valence-electron chi connectivity index (χ2n) is 13.6. The predicted molar refractivity (Wildman–Crippen MR) is 168 cm³/mol. The molecule has 4 saturated heterocycles.